The zero-order chi connectivity index (χ0) is 14.7. The molecule has 1 aliphatic rings. The monoisotopic (exact) mass is 276 g/mol. The maximum Gasteiger partial charge on any atom is 0.335 e. The van der Waals surface area contributed by atoms with E-state index < -0.39 is 5.97 Å². The highest BCUT2D eigenvalue weighted by Gasteiger charge is 2.24. The van der Waals surface area contributed by atoms with Crippen molar-refractivity contribution in [3.63, 3.8) is 0 Å². The molecule has 0 spiro atoms. The number of anilines is 1. The van der Waals surface area contributed by atoms with Crippen molar-refractivity contribution in [2.45, 2.75) is 39.2 Å². The smallest absolute Gasteiger partial charge is 0.335 e. The van der Waals surface area contributed by atoms with E-state index in [0.717, 1.165) is 17.9 Å². The van der Waals surface area contributed by atoms with Gasteiger partial charge in [0.2, 0.25) is 0 Å². The molecule has 108 valence electrons. The molecule has 1 unspecified atom stereocenters. The van der Waals surface area contributed by atoms with Gasteiger partial charge in [-0.3, -0.25) is 0 Å². The number of rotatable bonds is 5. The normalized spacial score (nSPS) is 15.5. The summed E-state index contributed by atoms with van der Waals surface area (Å²) < 4.78 is 0. The van der Waals surface area contributed by atoms with Gasteiger partial charge in [0.1, 0.15) is 0 Å². The van der Waals surface area contributed by atoms with Crippen LogP contribution in [0.3, 0.4) is 0 Å². The first kappa shape index (κ1) is 14.4. The van der Waals surface area contributed by atoms with Gasteiger partial charge in [-0.05, 0) is 43.9 Å². The Labute approximate surface area is 118 Å². The van der Waals surface area contributed by atoms with Crippen LogP contribution in [0.15, 0.2) is 18.2 Å². The molecule has 1 saturated carbocycles. The van der Waals surface area contributed by atoms with Crippen LogP contribution in [0.25, 0.3) is 0 Å². The van der Waals surface area contributed by atoms with Gasteiger partial charge in [-0.25, -0.2) is 9.59 Å². The van der Waals surface area contributed by atoms with Crippen molar-refractivity contribution in [3.8, 4) is 0 Å². The number of carbonyl (C=O) groups is 2. The molecule has 0 saturated heterocycles. The van der Waals surface area contributed by atoms with Crippen LogP contribution in [0.1, 0.15) is 42.1 Å². The molecule has 1 aliphatic carbocycles. The molecule has 5 nitrogen and oxygen atoms in total. The highest BCUT2D eigenvalue weighted by atomic mass is 16.4. The zero-order valence-corrected chi connectivity index (χ0v) is 11.8. The summed E-state index contributed by atoms with van der Waals surface area (Å²) in [5, 5.41) is 14.6. The van der Waals surface area contributed by atoms with Crippen molar-refractivity contribution in [2.24, 2.45) is 5.92 Å². The van der Waals surface area contributed by atoms with Crippen LogP contribution in [-0.2, 0) is 0 Å². The molecule has 20 heavy (non-hydrogen) atoms. The quantitative estimate of drug-likeness (QED) is 0.773. The lowest BCUT2D eigenvalue weighted by Gasteiger charge is -2.15. The summed E-state index contributed by atoms with van der Waals surface area (Å²) in [5.74, 6) is -0.252. The molecule has 1 atom stereocenters. The topological polar surface area (TPSA) is 78.4 Å². The standard InChI is InChI=1S/C15H20N2O3/c1-9-3-6-12(14(18)19)8-13(9)17-15(20)16-10(2)7-11-4-5-11/h3,6,8,10-11H,4-5,7H2,1-2H3,(H,18,19)(H2,16,17,20). The molecule has 2 rings (SSSR count). The van der Waals surface area contributed by atoms with Gasteiger partial charge in [0.25, 0.3) is 0 Å². The Balaban J connectivity index is 1.95. The minimum atomic E-state index is -1.00. The zero-order valence-electron chi connectivity index (χ0n) is 11.8. The first-order chi connectivity index (χ1) is 9.45. The molecule has 5 heteroatoms. The molecule has 1 fully saturated rings. The second-order valence-corrected chi connectivity index (χ2v) is 5.51. The van der Waals surface area contributed by atoms with Gasteiger partial charge in [-0.1, -0.05) is 18.9 Å². The third-order valence-corrected chi connectivity index (χ3v) is 3.49. The van der Waals surface area contributed by atoms with Crippen LogP contribution >= 0.6 is 0 Å². The summed E-state index contributed by atoms with van der Waals surface area (Å²) in [6, 6.07) is 4.53. The molecule has 1 aromatic carbocycles. The van der Waals surface area contributed by atoms with Crippen molar-refractivity contribution < 1.29 is 14.7 Å². The Morgan fingerprint density at radius 1 is 1.40 bits per heavy atom. The van der Waals surface area contributed by atoms with Crippen molar-refractivity contribution in [3.05, 3.63) is 29.3 Å². The molecule has 2 amide bonds. The highest BCUT2D eigenvalue weighted by Crippen LogP contribution is 2.33. The van der Waals surface area contributed by atoms with Crippen molar-refractivity contribution in [2.75, 3.05) is 5.32 Å². The molecular formula is C15H20N2O3. The summed E-state index contributed by atoms with van der Waals surface area (Å²) >= 11 is 0. The molecule has 0 heterocycles. The van der Waals surface area contributed by atoms with Crippen LogP contribution < -0.4 is 10.6 Å². The van der Waals surface area contributed by atoms with E-state index >= 15 is 0 Å². The average Bonchev–Trinajstić information content (AvgIpc) is 3.15. The number of hydrogen-bond donors (Lipinski definition) is 3. The Morgan fingerprint density at radius 2 is 2.10 bits per heavy atom. The van der Waals surface area contributed by atoms with Gasteiger partial charge in [0.15, 0.2) is 0 Å². The van der Waals surface area contributed by atoms with Gasteiger partial charge in [-0.15, -0.1) is 0 Å². The van der Waals surface area contributed by atoms with Crippen LogP contribution in [0.4, 0.5) is 10.5 Å². The fourth-order valence-electron chi connectivity index (χ4n) is 2.18. The van der Waals surface area contributed by atoms with Crippen molar-refractivity contribution in [1.29, 1.82) is 0 Å². The van der Waals surface area contributed by atoms with Gasteiger partial charge in [0, 0.05) is 11.7 Å². The summed E-state index contributed by atoms with van der Waals surface area (Å²) in [5.41, 5.74) is 1.53. The lowest BCUT2D eigenvalue weighted by molar-refractivity contribution is 0.0697. The van der Waals surface area contributed by atoms with E-state index in [1.807, 2.05) is 13.8 Å². The fraction of sp³-hybridized carbons (Fsp3) is 0.467. The minimum Gasteiger partial charge on any atom is -0.478 e. The number of carbonyl (C=O) groups excluding carboxylic acids is 1. The van der Waals surface area contributed by atoms with Crippen LogP contribution in [-0.4, -0.2) is 23.1 Å². The van der Waals surface area contributed by atoms with E-state index in [1.165, 1.54) is 25.0 Å². The Hall–Kier alpha value is -2.04. The summed E-state index contributed by atoms with van der Waals surface area (Å²) in [4.78, 5) is 22.8. The van der Waals surface area contributed by atoms with Gasteiger partial charge >= 0.3 is 12.0 Å². The maximum atomic E-state index is 11.9. The predicted octanol–water partition coefficient (Wildman–Crippen LogP) is 3.00. The van der Waals surface area contributed by atoms with E-state index in [0.29, 0.717) is 5.69 Å². The lowest BCUT2D eigenvalue weighted by atomic mass is 10.1. The summed E-state index contributed by atoms with van der Waals surface area (Å²) in [7, 11) is 0. The fourth-order valence-corrected chi connectivity index (χ4v) is 2.18. The number of aromatic carboxylic acids is 1. The SMILES string of the molecule is Cc1ccc(C(=O)O)cc1NC(=O)NC(C)CC1CC1. The third-order valence-electron chi connectivity index (χ3n) is 3.49. The second-order valence-electron chi connectivity index (χ2n) is 5.51. The number of aryl methyl sites for hydroxylation is 1. The number of hydrogen-bond acceptors (Lipinski definition) is 2. The average molecular weight is 276 g/mol. The molecule has 0 aliphatic heterocycles. The van der Waals surface area contributed by atoms with E-state index in [2.05, 4.69) is 10.6 Å². The van der Waals surface area contributed by atoms with Crippen LogP contribution in [0.5, 0.6) is 0 Å². The Bertz CT molecular complexity index is 524. The predicted molar refractivity (Wildman–Crippen MR) is 77.1 cm³/mol. The Kier molecular flexibility index (Phi) is 4.27. The number of carboxylic acid groups (broad SMARTS) is 1. The van der Waals surface area contributed by atoms with Gasteiger partial charge in [-0.2, -0.15) is 0 Å². The molecule has 0 radical (unpaired) electrons. The molecule has 3 N–H and O–H groups in total. The number of amides is 2. The number of carboxylic acids is 1. The van der Waals surface area contributed by atoms with Crippen molar-refractivity contribution >= 4 is 17.7 Å². The van der Waals surface area contributed by atoms with Crippen LogP contribution in [0.2, 0.25) is 0 Å². The lowest BCUT2D eigenvalue weighted by Crippen LogP contribution is -2.36. The molecule has 0 aromatic heterocycles. The third kappa shape index (κ3) is 3.98. The van der Waals surface area contributed by atoms with Gasteiger partial charge in [0.05, 0.1) is 5.56 Å². The molecule has 0 bridgehead atoms. The second kappa shape index (κ2) is 5.94. The number of benzene rings is 1. The van der Waals surface area contributed by atoms with Gasteiger partial charge < -0.3 is 15.7 Å². The summed E-state index contributed by atoms with van der Waals surface area (Å²) in [6.07, 6.45) is 3.52. The minimum absolute atomic E-state index is 0.130. The first-order valence-corrected chi connectivity index (χ1v) is 6.87. The maximum absolute atomic E-state index is 11.9. The van der Waals surface area contributed by atoms with E-state index in [4.69, 9.17) is 5.11 Å². The van der Waals surface area contributed by atoms with Crippen molar-refractivity contribution in [1.82, 2.24) is 5.32 Å². The molecule has 1 aromatic rings. The number of urea groups is 1. The van der Waals surface area contributed by atoms with E-state index in [-0.39, 0.29) is 17.6 Å². The molecular weight excluding hydrogens is 256 g/mol. The highest BCUT2D eigenvalue weighted by molar-refractivity contribution is 5.94. The Morgan fingerprint density at radius 3 is 2.70 bits per heavy atom. The number of nitrogens with one attached hydrogen (secondary N) is 2. The van der Waals surface area contributed by atoms with Crippen LogP contribution in [0, 0.1) is 12.8 Å². The van der Waals surface area contributed by atoms with E-state index in [9.17, 15) is 9.59 Å². The first-order valence-electron chi connectivity index (χ1n) is 6.87. The largest absolute Gasteiger partial charge is 0.478 e. The van der Waals surface area contributed by atoms with E-state index in [1.54, 1.807) is 6.07 Å². The summed E-state index contributed by atoms with van der Waals surface area (Å²) in [6.45, 7) is 3.81.